The Bertz CT molecular complexity index is 347. The topological polar surface area (TPSA) is 63.0 Å². The Labute approximate surface area is 95.8 Å². The van der Waals surface area contributed by atoms with E-state index in [4.69, 9.17) is 0 Å². The number of hydrogen-bond acceptors (Lipinski definition) is 4. The van der Waals surface area contributed by atoms with E-state index in [0.717, 1.165) is 19.4 Å². The van der Waals surface area contributed by atoms with E-state index in [2.05, 4.69) is 22.4 Å². The number of aliphatic hydroxyl groups is 1. The molecule has 2 rings (SSSR count). The van der Waals surface area contributed by atoms with E-state index in [9.17, 15) is 5.11 Å². The van der Waals surface area contributed by atoms with Crippen molar-refractivity contribution < 1.29 is 5.11 Å². The fraction of sp³-hybridized carbons (Fsp3) is 0.818. The van der Waals surface area contributed by atoms with Crippen molar-refractivity contribution in [2.75, 3.05) is 6.54 Å². The molecule has 16 heavy (non-hydrogen) atoms. The van der Waals surface area contributed by atoms with Crippen molar-refractivity contribution in [3.63, 3.8) is 0 Å². The summed E-state index contributed by atoms with van der Waals surface area (Å²) in [4.78, 5) is 1.73. The van der Waals surface area contributed by atoms with Gasteiger partial charge in [0.2, 0.25) is 0 Å². The van der Waals surface area contributed by atoms with E-state index in [0.29, 0.717) is 17.8 Å². The number of rotatable bonds is 2. The van der Waals surface area contributed by atoms with Gasteiger partial charge >= 0.3 is 0 Å². The van der Waals surface area contributed by atoms with Crippen LogP contribution in [0.15, 0.2) is 6.20 Å². The van der Waals surface area contributed by atoms with E-state index in [1.807, 2.05) is 0 Å². The minimum atomic E-state index is -0.909. The molecular formula is C11H20N4O. The molecule has 2 heterocycles. The predicted molar refractivity (Wildman–Crippen MR) is 61.0 cm³/mol. The molecule has 0 bridgehead atoms. The van der Waals surface area contributed by atoms with Gasteiger partial charge in [0.15, 0.2) is 0 Å². The molecule has 5 nitrogen and oxygen atoms in total. The lowest BCUT2D eigenvalue weighted by atomic mass is 10.0. The van der Waals surface area contributed by atoms with Crippen LogP contribution in [0.1, 0.15) is 45.3 Å². The third-order valence-electron chi connectivity index (χ3n) is 3.10. The SMILES string of the molecule is C[C@@H]1CC[C@@H](n2ncc(C(C)(C)O)n2)CN1. The fourth-order valence-corrected chi connectivity index (χ4v) is 1.91. The van der Waals surface area contributed by atoms with Gasteiger partial charge in [0.25, 0.3) is 0 Å². The van der Waals surface area contributed by atoms with Crippen LogP contribution in [0.3, 0.4) is 0 Å². The van der Waals surface area contributed by atoms with Crippen LogP contribution in [0.25, 0.3) is 0 Å². The number of hydrogen-bond donors (Lipinski definition) is 2. The maximum Gasteiger partial charge on any atom is 0.114 e. The standard InChI is InChI=1S/C11H20N4O/c1-8-4-5-9(6-12-8)15-13-7-10(14-15)11(2,3)16/h7-9,12,16H,4-6H2,1-3H3/t8-,9-/m1/s1. The van der Waals surface area contributed by atoms with Gasteiger partial charge in [0.1, 0.15) is 11.3 Å². The summed E-state index contributed by atoms with van der Waals surface area (Å²) >= 11 is 0. The number of nitrogens with zero attached hydrogens (tertiary/aromatic N) is 3. The molecule has 1 aromatic rings. The molecule has 0 saturated carbocycles. The molecule has 1 aliphatic heterocycles. The smallest absolute Gasteiger partial charge is 0.114 e. The summed E-state index contributed by atoms with van der Waals surface area (Å²) in [5.41, 5.74) is -0.278. The quantitative estimate of drug-likeness (QED) is 0.780. The fourth-order valence-electron chi connectivity index (χ4n) is 1.91. The molecule has 0 radical (unpaired) electrons. The second-order valence-corrected chi connectivity index (χ2v) is 5.15. The van der Waals surface area contributed by atoms with Gasteiger partial charge in [-0.1, -0.05) is 0 Å². The summed E-state index contributed by atoms with van der Waals surface area (Å²) in [7, 11) is 0. The Morgan fingerprint density at radius 1 is 1.50 bits per heavy atom. The molecule has 0 amide bonds. The molecule has 1 saturated heterocycles. The third-order valence-corrected chi connectivity index (χ3v) is 3.10. The van der Waals surface area contributed by atoms with Crippen molar-refractivity contribution in [2.24, 2.45) is 0 Å². The molecule has 2 N–H and O–H groups in total. The molecule has 1 fully saturated rings. The summed E-state index contributed by atoms with van der Waals surface area (Å²) in [6.07, 6.45) is 3.89. The van der Waals surface area contributed by atoms with Gasteiger partial charge in [-0.25, -0.2) is 0 Å². The summed E-state index contributed by atoms with van der Waals surface area (Å²) in [6, 6.07) is 0.896. The first-order valence-electron chi connectivity index (χ1n) is 5.85. The largest absolute Gasteiger partial charge is 0.384 e. The van der Waals surface area contributed by atoms with Crippen LogP contribution in [-0.4, -0.2) is 32.7 Å². The number of piperidine rings is 1. The van der Waals surface area contributed by atoms with Crippen molar-refractivity contribution in [1.82, 2.24) is 20.3 Å². The van der Waals surface area contributed by atoms with E-state index in [-0.39, 0.29) is 0 Å². The van der Waals surface area contributed by atoms with Gasteiger partial charge in [0.05, 0.1) is 12.2 Å². The van der Waals surface area contributed by atoms with Gasteiger partial charge in [0, 0.05) is 12.6 Å². The minimum Gasteiger partial charge on any atom is -0.384 e. The Hall–Kier alpha value is -0.940. The zero-order chi connectivity index (χ0) is 11.8. The molecule has 0 aromatic carbocycles. The summed E-state index contributed by atoms with van der Waals surface area (Å²) in [6.45, 7) is 6.54. The van der Waals surface area contributed by atoms with E-state index >= 15 is 0 Å². The highest BCUT2D eigenvalue weighted by Crippen LogP contribution is 2.20. The Kier molecular flexibility index (Phi) is 2.99. The lowest BCUT2D eigenvalue weighted by molar-refractivity contribution is 0.0725. The highest BCUT2D eigenvalue weighted by Gasteiger charge is 2.24. The van der Waals surface area contributed by atoms with Gasteiger partial charge in [-0.3, -0.25) is 0 Å². The summed E-state index contributed by atoms with van der Waals surface area (Å²) in [5, 5.41) is 21.8. The normalized spacial score (nSPS) is 27.0. The zero-order valence-corrected chi connectivity index (χ0v) is 10.1. The van der Waals surface area contributed by atoms with Gasteiger partial charge in [-0.15, -0.1) is 0 Å². The van der Waals surface area contributed by atoms with E-state index in [1.165, 1.54) is 0 Å². The average Bonchev–Trinajstić information content (AvgIpc) is 2.67. The Morgan fingerprint density at radius 3 is 2.75 bits per heavy atom. The van der Waals surface area contributed by atoms with E-state index in [1.54, 1.807) is 24.8 Å². The molecule has 0 spiro atoms. The van der Waals surface area contributed by atoms with Gasteiger partial charge in [-0.05, 0) is 33.6 Å². The van der Waals surface area contributed by atoms with Crippen LogP contribution in [0.2, 0.25) is 0 Å². The van der Waals surface area contributed by atoms with Crippen molar-refractivity contribution >= 4 is 0 Å². The van der Waals surface area contributed by atoms with Gasteiger partial charge in [-0.2, -0.15) is 15.0 Å². The predicted octanol–water partition coefficient (Wildman–Crippen LogP) is 0.818. The summed E-state index contributed by atoms with van der Waals surface area (Å²) < 4.78 is 0. The third kappa shape index (κ3) is 2.41. The number of nitrogens with one attached hydrogen (secondary N) is 1. The maximum atomic E-state index is 9.81. The minimum absolute atomic E-state index is 0.312. The van der Waals surface area contributed by atoms with Crippen LogP contribution < -0.4 is 5.32 Å². The molecule has 0 aliphatic carbocycles. The second-order valence-electron chi connectivity index (χ2n) is 5.15. The monoisotopic (exact) mass is 224 g/mol. The van der Waals surface area contributed by atoms with Crippen LogP contribution in [0, 0.1) is 0 Å². The van der Waals surface area contributed by atoms with Crippen molar-refractivity contribution in [3.8, 4) is 0 Å². The van der Waals surface area contributed by atoms with Crippen LogP contribution in [-0.2, 0) is 5.60 Å². The van der Waals surface area contributed by atoms with Crippen molar-refractivity contribution in [2.45, 2.75) is 51.3 Å². The van der Waals surface area contributed by atoms with Crippen LogP contribution >= 0.6 is 0 Å². The second kappa shape index (κ2) is 4.14. The van der Waals surface area contributed by atoms with Gasteiger partial charge < -0.3 is 10.4 Å². The first kappa shape index (κ1) is 11.5. The average molecular weight is 224 g/mol. The van der Waals surface area contributed by atoms with Crippen LogP contribution in [0.4, 0.5) is 0 Å². The number of aromatic nitrogens is 3. The van der Waals surface area contributed by atoms with Crippen molar-refractivity contribution in [3.05, 3.63) is 11.9 Å². The molecule has 5 heteroatoms. The van der Waals surface area contributed by atoms with Crippen molar-refractivity contribution in [1.29, 1.82) is 0 Å². The molecule has 90 valence electrons. The molecule has 2 atom stereocenters. The first-order valence-corrected chi connectivity index (χ1v) is 5.85. The van der Waals surface area contributed by atoms with Crippen LogP contribution in [0.5, 0.6) is 0 Å². The lowest BCUT2D eigenvalue weighted by Crippen LogP contribution is -2.38. The Balaban J connectivity index is 2.08. The first-order chi connectivity index (χ1) is 7.47. The molecule has 1 aliphatic rings. The maximum absolute atomic E-state index is 9.81. The molecule has 0 unspecified atom stereocenters. The summed E-state index contributed by atoms with van der Waals surface area (Å²) in [5.74, 6) is 0. The Morgan fingerprint density at radius 2 is 2.25 bits per heavy atom. The lowest BCUT2D eigenvalue weighted by Gasteiger charge is -2.26. The molecule has 1 aromatic heterocycles. The highest BCUT2D eigenvalue weighted by atomic mass is 16.3. The molecular weight excluding hydrogens is 204 g/mol. The highest BCUT2D eigenvalue weighted by molar-refractivity contribution is 5.02. The van der Waals surface area contributed by atoms with E-state index < -0.39 is 5.60 Å². The zero-order valence-electron chi connectivity index (χ0n) is 10.1.